The van der Waals surface area contributed by atoms with Crippen LogP contribution in [0.25, 0.3) is 0 Å². The van der Waals surface area contributed by atoms with E-state index in [4.69, 9.17) is 0 Å². The summed E-state index contributed by atoms with van der Waals surface area (Å²) in [6, 6.07) is 1.54. The van der Waals surface area contributed by atoms with Crippen LogP contribution in [0, 0.1) is 11.8 Å². The van der Waals surface area contributed by atoms with E-state index in [1.165, 1.54) is 45.2 Å². The Morgan fingerprint density at radius 2 is 1.79 bits per heavy atom. The minimum Gasteiger partial charge on any atom is -0.308 e. The van der Waals surface area contributed by atoms with E-state index in [0.717, 1.165) is 17.9 Å². The Morgan fingerprint density at radius 1 is 1.11 bits per heavy atom. The van der Waals surface area contributed by atoms with Gasteiger partial charge in [0.25, 0.3) is 0 Å². The van der Waals surface area contributed by atoms with Crippen molar-refractivity contribution < 1.29 is 0 Å². The molecule has 1 aliphatic heterocycles. The lowest BCUT2D eigenvalue weighted by Crippen LogP contribution is -2.65. The lowest BCUT2D eigenvalue weighted by molar-refractivity contribution is 0.0286. The van der Waals surface area contributed by atoms with Crippen LogP contribution in [-0.2, 0) is 0 Å². The first-order valence-corrected chi connectivity index (χ1v) is 8.57. The van der Waals surface area contributed by atoms with E-state index in [1.54, 1.807) is 0 Å². The number of nitrogens with zero attached hydrogens (tertiary/aromatic N) is 1. The van der Waals surface area contributed by atoms with Crippen molar-refractivity contribution in [3.63, 3.8) is 0 Å². The van der Waals surface area contributed by atoms with E-state index in [-0.39, 0.29) is 0 Å². The molecule has 2 rings (SSSR count). The molecule has 19 heavy (non-hydrogen) atoms. The number of nitrogens with one attached hydrogen (secondary N) is 1. The van der Waals surface area contributed by atoms with Crippen LogP contribution in [0.15, 0.2) is 0 Å². The SMILES string of the molecule is CCC1CCC(N2CC(CC)(CC)NCC2C)C1C. The fraction of sp³-hybridized carbons (Fsp3) is 1.00. The van der Waals surface area contributed by atoms with E-state index in [0.29, 0.717) is 11.6 Å². The fourth-order valence-electron chi connectivity index (χ4n) is 4.48. The molecule has 0 amide bonds. The largest absolute Gasteiger partial charge is 0.308 e. The summed E-state index contributed by atoms with van der Waals surface area (Å²) in [5.74, 6) is 1.85. The van der Waals surface area contributed by atoms with Gasteiger partial charge in [-0.05, 0) is 44.4 Å². The Hall–Kier alpha value is -0.0800. The topological polar surface area (TPSA) is 15.3 Å². The zero-order valence-electron chi connectivity index (χ0n) is 13.7. The zero-order chi connectivity index (χ0) is 14.0. The Balaban J connectivity index is 2.09. The summed E-state index contributed by atoms with van der Waals surface area (Å²) >= 11 is 0. The van der Waals surface area contributed by atoms with Crippen LogP contribution in [0.5, 0.6) is 0 Å². The molecule has 1 saturated carbocycles. The average Bonchev–Trinajstić information content (AvgIpc) is 2.81. The molecule has 0 radical (unpaired) electrons. The Kier molecular flexibility index (Phi) is 4.94. The van der Waals surface area contributed by atoms with Gasteiger partial charge in [-0.2, -0.15) is 0 Å². The van der Waals surface area contributed by atoms with Crippen molar-refractivity contribution in [3.05, 3.63) is 0 Å². The highest BCUT2D eigenvalue weighted by molar-refractivity contribution is 5.00. The average molecular weight is 266 g/mol. The van der Waals surface area contributed by atoms with Gasteiger partial charge in [0.05, 0.1) is 0 Å². The van der Waals surface area contributed by atoms with Crippen molar-refractivity contribution in [2.24, 2.45) is 11.8 Å². The molecule has 0 spiro atoms. The molecule has 0 aromatic carbocycles. The number of rotatable bonds is 4. The summed E-state index contributed by atoms with van der Waals surface area (Å²) in [6.07, 6.45) is 6.75. The maximum Gasteiger partial charge on any atom is 0.0304 e. The molecule has 2 fully saturated rings. The van der Waals surface area contributed by atoms with Crippen molar-refractivity contribution in [2.45, 2.75) is 84.3 Å². The molecule has 1 heterocycles. The van der Waals surface area contributed by atoms with Gasteiger partial charge in [0, 0.05) is 30.7 Å². The summed E-state index contributed by atoms with van der Waals surface area (Å²) in [5.41, 5.74) is 0.372. The van der Waals surface area contributed by atoms with E-state index < -0.39 is 0 Å². The number of hydrogen-bond donors (Lipinski definition) is 1. The van der Waals surface area contributed by atoms with Gasteiger partial charge >= 0.3 is 0 Å². The molecular weight excluding hydrogens is 232 g/mol. The van der Waals surface area contributed by atoms with E-state index in [9.17, 15) is 0 Å². The summed E-state index contributed by atoms with van der Waals surface area (Å²) in [7, 11) is 0. The summed E-state index contributed by atoms with van der Waals surface area (Å²) in [4.78, 5) is 2.85. The van der Waals surface area contributed by atoms with Crippen LogP contribution in [0.3, 0.4) is 0 Å². The van der Waals surface area contributed by atoms with Crippen molar-refractivity contribution in [3.8, 4) is 0 Å². The number of hydrogen-bond acceptors (Lipinski definition) is 2. The Morgan fingerprint density at radius 3 is 2.32 bits per heavy atom. The standard InChI is InChI=1S/C17H34N2/c1-6-15-9-10-16(14(15)5)19-12-17(7-2,8-3)18-11-13(19)4/h13-16,18H,6-12H2,1-5H3. The van der Waals surface area contributed by atoms with E-state index in [2.05, 4.69) is 44.8 Å². The summed E-state index contributed by atoms with van der Waals surface area (Å²) in [5, 5.41) is 3.83. The summed E-state index contributed by atoms with van der Waals surface area (Å²) < 4.78 is 0. The lowest BCUT2D eigenvalue weighted by Gasteiger charge is -2.50. The van der Waals surface area contributed by atoms with Crippen LogP contribution < -0.4 is 5.32 Å². The molecule has 1 aliphatic carbocycles. The third kappa shape index (κ3) is 2.85. The normalized spacial score (nSPS) is 39.6. The molecule has 2 aliphatic rings. The van der Waals surface area contributed by atoms with E-state index in [1.807, 2.05) is 0 Å². The van der Waals surface area contributed by atoms with Gasteiger partial charge in [0.15, 0.2) is 0 Å². The van der Waals surface area contributed by atoms with Crippen LogP contribution in [0.1, 0.15) is 66.7 Å². The van der Waals surface area contributed by atoms with Crippen molar-refractivity contribution in [1.29, 1.82) is 0 Å². The highest BCUT2D eigenvalue weighted by Crippen LogP contribution is 2.39. The molecule has 0 aromatic heterocycles. The molecule has 4 unspecified atom stereocenters. The zero-order valence-corrected chi connectivity index (χ0v) is 13.7. The van der Waals surface area contributed by atoms with Gasteiger partial charge < -0.3 is 5.32 Å². The third-order valence-electron chi connectivity index (χ3n) is 6.31. The molecular formula is C17H34N2. The maximum atomic E-state index is 3.83. The monoisotopic (exact) mass is 266 g/mol. The minimum atomic E-state index is 0.372. The van der Waals surface area contributed by atoms with Gasteiger partial charge in [-0.15, -0.1) is 0 Å². The van der Waals surface area contributed by atoms with Crippen molar-refractivity contribution in [1.82, 2.24) is 10.2 Å². The quantitative estimate of drug-likeness (QED) is 0.835. The maximum absolute atomic E-state index is 3.83. The molecule has 2 heteroatoms. The molecule has 1 saturated heterocycles. The summed E-state index contributed by atoms with van der Waals surface area (Å²) in [6.45, 7) is 14.4. The molecule has 2 nitrogen and oxygen atoms in total. The first-order chi connectivity index (χ1) is 9.06. The second-order valence-electron chi connectivity index (χ2n) is 7.06. The molecule has 0 bridgehead atoms. The van der Waals surface area contributed by atoms with E-state index >= 15 is 0 Å². The van der Waals surface area contributed by atoms with Gasteiger partial charge in [-0.25, -0.2) is 0 Å². The molecule has 0 aromatic rings. The first kappa shape index (κ1) is 15.3. The van der Waals surface area contributed by atoms with Crippen LogP contribution in [-0.4, -0.2) is 35.6 Å². The molecule has 112 valence electrons. The van der Waals surface area contributed by atoms with Gasteiger partial charge in [-0.1, -0.05) is 34.1 Å². The second-order valence-corrected chi connectivity index (χ2v) is 7.06. The smallest absolute Gasteiger partial charge is 0.0304 e. The third-order valence-corrected chi connectivity index (χ3v) is 6.31. The molecule has 1 N–H and O–H groups in total. The van der Waals surface area contributed by atoms with Crippen LogP contribution >= 0.6 is 0 Å². The highest BCUT2D eigenvalue weighted by atomic mass is 15.3. The second kappa shape index (κ2) is 6.13. The fourth-order valence-corrected chi connectivity index (χ4v) is 4.48. The Bertz CT molecular complexity index is 285. The molecule has 4 atom stereocenters. The minimum absolute atomic E-state index is 0.372. The lowest BCUT2D eigenvalue weighted by atomic mass is 9.86. The van der Waals surface area contributed by atoms with Crippen molar-refractivity contribution >= 4 is 0 Å². The van der Waals surface area contributed by atoms with Gasteiger partial charge in [0.1, 0.15) is 0 Å². The predicted molar refractivity (Wildman–Crippen MR) is 83.5 cm³/mol. The first-order valence-electron chi connectivity index (χ1n) is 8.57. The predicted octanol–water partition coefficient (Wildman–Crippen LogP) is 3.66. The number of piperazine rings is 1. The van der Waals surface area contributed by atoms with Crippen LogP contribution in [0.4, 0.5) is 0 Å². The van der Waals surface area contributed by atoms with Crippen molar-refractivity contribution in [2.75, 3.05) is 13.1 Å². The Labute approximate surface area is 120 Å². The highest BCUT2D eigenvalue weighted by Gasteiger charge is 2.42. The van der Waals surface area contributed by atoms with Gasteiger partial charge in [-0.3, -0.25) is 4.90 Å². The van der Waals surface area contributed by atoms with Crippen LogP contribution in [0.2, 0.25) is 0 Å². The van der Waals surface area contributed by atoms with Gasteiger partial charge in [0.2, 0.25) is 0 Å².